The van der Waals surface area contributed by atoms with E-state index in [1.807, 2.05) is 48.5 Å². The van der Waals surface area contributed by atoms with Gasteiger partial charge in [0.1, 0.15) is 14.7 Å². The predicted molar refractivity (Wildman–Crippen MR) is 221 cm³/mol. The van der Waals surface area contributed by atoms with E-state index in [-0.39, 0.29) is 35.8 Å². The SMILES string of the molecule is C#CCN(CC(F)(F)CCC(N)=O)C(=O)c1cc(C(=O)NCC#C[Si](C(C)C)(C(C)C)C(C)C)cc(C(=O)NNC(=O)OCC2c3ccccc3-c3ccccc32)c1. The number of nitrogens with two attached hydrogens (primary N) is 1. The fourth-order valence-electron chi connectivity index (χ4n) is 7.84. The smallest absolute Gasteiger partial charge is 0.426 e. The molecule has 0 saturated heterocycles. The lowest BCUT2D eigenvalue weighted by molar-refractivity contribution is -0.120. The van der Waals surface area contributed by atoms with Crippen LogP contribution in [-0.4, -0.2) is 74.9 Å². The van der Waals surface area contributed by atoms with Crippen molar-refractivity contribution >= 4 is 37.8 Å². The minimum Gasteiger partial charge on any atom is -0.447 e. The Balaban J connectivity index is 1.56. The molecule has 14 heteroatoms. The Morgan fingerprint density at radius 1 is 0.845 bits per heavy atom. The maximum absolute atomic E-state index is 14.9. The van der Waals surface area contributed by atoms with Crippen LogP contribution in [-0.2, 0) is 9.53 Å². The zero-order valence-electron chi connectivity index (χ0n) is 33.7. The average Bonchev–Trinajstić information content (AvgIpc) is 3.50. The molecule has 0 heterocycles. The number of carbonyl (C=O) groups is 5. The number of hydrogen-bond donors (Lipinski definition) is 4. The normalized spacial score (nSPS) is 12.2. The highest BCUT2D eigenvalue weighted by molar-refractivity contribution is 6.90. The average molecular weight is 812 g/mol. The van der Waals surface area contributed by atoms with E-state index in [0.29, 0.717) is 21.5 Å². The van der Waals surface area contributed by atoms with Crippen molar-refractivity contribution < 1.29 is 37.5 Å². The van der Waals surface area contributed by atoms with Crippen LogP contribution < -0.4 is 21.9 Å². The molecule has 3 aromatic rings. The van der Waals surface area contributed by atoms with Gasteiger partial charge in [0.15, 0.2) is 0 Å². The summed E-state index contributed by atoms with van der Waals surface area (Å²) in [6, 6.07) is 19.0. The molecule has 0 unspecified atom stereocenters. The Morgan fingerprint density at radius 3 is 1.91 bits per heavy atom. The molecule has 58 heavy (non-hydrogen) atoms. The lowest BCUT2D eigenvalue weighted by Gasteiger charge is -2.38. The van der Waals surface area contributed by atoms with Crippen LogP contribution in [0.1, 0.15) is 103 Å². The van der Waals surface area contributed by atoms with Crippen molar-refractivity contribution in [1.82, 2.24) is 21.1 Å². The largest absolute Gasteiger partial charge is 0.447 e. The molecule has 0 atom stereocenters. The molecule has 306 valence electrons. The Kier molecular flexibility index (Phi) is 15.0. The molecule has 1 aliphatic rings. The van der Waals surface area contributed by atoms with Gasteiger partial charge in [-0.05, 0) is 57.1 Å². The van der Waals surface area contributed by atoms with Gasteiger partial charge in [-0.1, -0.05) is 102 Å². The van der Waals surface area contributed by atoms with Gasteiger partial charge in [-0.3, -0.25) is 24.6 Å². The molecule has 0 fully saturated rings. The molecular weight excluding hydrogens is 761 g/mol. The number of terminal acetylenes is 1. The number of carbonyl (C=O) groups excluding carboxylic acids is 5. The molecule has 0 radical (unpaired) electrons. The Hall–Kier alpha value is -5.99. The first kappa shape index (κ1) is 44.7. The second-order valence-corrected chi connectivity index (χ2v) is 20.9. The summed E-state index contributed by atoms with van der Waals surface area (Å²) in [4.78, 5) is 65.5. The van der Waals surface area contributed by atoms with Crippen LogP contribution in [0.15, 0.2) is 66.7 Å². The number of ether oxygens (including phenoxy) is 1. The molecule has 0 spiro atoms. The summed E-state index contributed by atoms with van der Waals surface area (Å²) in [6.07, 6.45) is 2.90. The summed E-state index contributed by atoms with van der Waals surface area (Å²) >= 11 is 0. The van der Waals surface area contributed by atoms with Crippen LogP contribution in [0.5, 0.6) is 0 Å². The molecule has 1 aliphatic carbocycles. The van der Waals surface area contributed by atoms with E-state index in [2.05, 4.69) is 75.1 Å². The number of rotatable bonds is 15. The van der Waals surface area contributed by atoms with Crippen molar-refractivity contribution in [3.8, 4) is 34.9 Å². The van der Waals surface area contributed by atoms with E-state index in [4.69, 9.17) is 16.9 Å². The van der Waals surface area contributed by atoms with Crippen LogP contribution in [0.4, 0.5) is 13.6 Å². The molecule has 0 aromatic heterocycles. The number of nitrogens with one attached hydrogen (secondary N) is 3. The third-order valence-corrected chi connectivity index (χ3v) is 16.9. The predicted octanol–water partition coefficient (Wildman–Crippen LogP) is 6.80. The third kappa shape index (κ3) is 10.7. The number of hydrogen-bond acceptors (Lipinski definition) is 6. The standard InChI is InChI=1S/C44H51F2N5O6Si/c1-8-21-51(27-44(45,46)19-18-39(47)52)42(55)33-24-31(40(53)48-20-13-22-58(28(2)3,29(4)5)30(6)7)23-32(25-33)41(54)49-50-43(56)57-26-38-36-16-11-9-14-34(36)35-15-10-12-17-37(35)38/h1,9-12,14-17,23-25,28-30,38H,18-21,26-27H2,2-7H3,(H2,47,52)(H,48,53)(H,49,54)(H,50,56). The summed E-state index contributed by atoms with van der Waals surface area (Å²) in [5, 5.41) is 2.72. The molecule has 5 N–H and O–H groups in total. The highest BCUT2D eigenvalue weighted by atomic mass is 28.3. The van der Waals surface area contributed by atoms with E-state index in [1.54, 1.807) is 0 Å². The molecule has 5 amide bonds. The number of amides is 5. The number of halogens is 2. The molecular formula is C44H51F2N5O6Si. The molecule has 0 bridgehead atoms. The molecule has 4 rings (SSSR count). The lowest BCUT2D eigenvalue weighted by Crippen LogP contribution is -2.43. The third-order valence-electron chi connectivity index (χ3n) is 10.6. The number of hydrazine groups is 1. The van der Waals surface area contributed by atoms with Gasteiger partial charge in [-0.2, -0.15) is 0 Å². The summed E-state index contributed by atoms with van der Waals surface area (Å²) in [5.74, 6) is -2.05. The van der Waals surface area contributed by atoms with Crippen molar-refractivity contribution in [3.63, 3.8) is 0 Å². The van der Waals surface area contributed by atoms with Gasteiger partial charge < -0.3 is 20.7 Å². The first-order valence-corrected chi connectivity index (χ1v) is 21.4. The van der Waals surface area contributed by atoms with Gasteiger partial charge in [0.05, 0.1) is 19.6 Å². The second kappa shape index (κ2) is 19.4. The van der Waals surface area contributed by atoms with E-state index >= 15 is 0 Å². The van der Waals surface area contributed by atoms with Gasteiger partial charge in [-0.25, -0.2) is 19.0 Å². The monoisotopic (exact) mass is 811 g/mol. The fraction of sp³-hybridized carbons (Fsp3) is 0.386. The minimum atomic E-state index is -3.54. The number of primary amides is 1. The summed E-state index contributed by atoms with van der Waals surface area (Å²) in [6.45, 7) is 11.2. The number of benzene rings is 3. The van der Waals surface area contributed by atoms with Crippen molar-refractivity contribution in [2.24, 2.45) is 5.73 Å². The topological polar surface area (TPSA) is 160 Å². The van der Waals surface area contributed by atoms with Gasteiger partial charge in [0.25, 0.3) is 23.6 Å². The number of nitrogens with zero attached hydrogens (tertiary/aromatic N) is 1. The van der Waals surface area contributed by atoms with Crippen LogP contribution >= 0.6 is 0 Å². The fourth-order valence-corrected chi connectivity index (χ4v) is 13.1. The Morgan fingerprint density at radius 2 is 1.38 bits per heavy atom. The minimum absolute atomic E-state index is 0.0297. The van der Waals surface area contributed by atoms with E-state index in [1.165, 1.54) is 6.07 Å². The first-order chi connectivity index (χ1) is 27.4. The van der Waals surface area contributed by atoms with Crippen molar-refractivity contribution in [1.29, 1.82) is 0 Å². The summed E-state index contributed by atoms with van der Waals surface area (Å²) in [5.41, 5.74) is 17.4. The maximum Gasteiger partial charge on any atom is 0.426 e. The number of fused-ring (bicyclic) bond motifs is 3. The van der Waals surface area contributed by atoms with Crippen molar-refractivity contribution in [2.45, 2.75) is 82.8 Å². The quantitative estimate of drug-likeness (QED) is 0.0751. The first-order valence-electron chi connectivity index (χ1n) is 19.1. The molecule has 3 aromatic carbocycles. The van der Waals surface area contributed by atoms with E-state index < -0.39 is 69.6 Å². The van der Waals surface area contributed by atoms with Crippen LogP contribution in [0.25, 0.3) is 11.1 Å². The Labute approximate surface area is 339 Å². The van der Waals surface area contributed by atoms with Crippen LogP contribution in [0, 0.1) is 23.8 Å². The van der Waals surface area contributed by atoms with Crippen molar-refractivity contribution in [3.05, 3.63) is 94.5 Å². The zero-order chi connectivity index (χ0) is 42.8. The van der Waals surface area contributed by atoms with Gasteiger partial charge in [0, 0.05) is 35.4 Å². The van der Waals surface area contributed by atoms with Crippen molar-refractivity contribution in [2.75, 3.05) is 26.2 Å². The summed E-state index contributed by atoms with van der Waals surface area (Å²) in [7, 11) is -2.11. The molecule has 11 nitrogen and oxygen atoms in total. The van der Waals surface area contributed by atoms with E-state index in [9.17, 15) is 32.8 Å². The van der Waals surface area contributed by atoms with Gasteiger partial charge >= 0.3 is 6.09 Å². The second-order valence-electron chi connectivity index (χ2n) is 15.3. The highest BCUT2D eigenvalue weighted by Crippen LogP contribution is 2.44. The van der Waals surface area contributed by atoms with Crippen LogP contribution in [0.3, 0.4) is 0 Å². The Bertz CT molecular complexity index is 2070. The van der Waals surface area contributed by atoms with Gasteiger partial charge in [-0.15, -0.1) is 12.0 Å². The molecule has 0 aliphatic heterocycles. The summed E-state index contributed by atoms with van der Waals surface area (Å²) < 4.78 is 35.3. The highest BCUT2D eigenvalue weighted by Gasteiger charge is 2.41. The number of alkyl halides is 2. The zero-order valence-corrected chi connectivity index (χ0v) is 34.7. The maximum atomic E-state index is 14.9. The molecule has 0 saturated carbocycles. The lowest BCUT2D eigenvalue weighted by atomic mass is 9.98. The van der Waals surface area contributed by atoms with E-state index in [0.717, 1.165) is 34.4 Å². The van der Waals surface area contributed by atoms with Crippen LogP contribution in [0.2, 0.25) is 16.6 Å². The van der Waals surface area contributed by atoms with Gasteiger partial charge in [0.2, 0.25) is 5.91 Å².